The summed E-state index contributed by atoms with van der Waals surface area (Å²) < 4.78 is 27.0. The van der Waals surface area contributed by atoms with Crippen LogP contribution in [0, 0.1) is 18.8 Å². The summed E-state index contributed by atoms with van der Waals surface area (Å²) in [6, 6.07) is 6.92. The molecule has 1 aromatic carbocycles. The lowest BCUT2D eigenvalue weighted by molar-refractivity contribution is -0.135. The van der Waals surface area contributed by atoms with E-state index < -0.39 is 10.0 Å². The molecule has 2 heterocycles. The van der Waals surface area contributed by atoms with Gasteiger partial charge in [0.05, 0.1) is 4.90 Å². The zero-order valence-corrected chi connectivity index (χ0v) is 15.5. The lowest BCUT2D eigenvalue weighted by Crippen LogP contribution is -2.44. The molecule has 7 heteroatoms. The van der Waals surface area contributed by atoms with Crippen molar-refractivity contribution in [1.29, 1.82) is 0 Å². The van der Waals surface area contributed by atoms with Crippen LogP contribution in [0.2, 0.25) is 0 Å². The van der Waals surface area contributed by atoms with Gasteiger partial charge in [0.15, 0.2) is 0 Å². The van der Waals surface area contributed by atoms with Crippen LogP contribution in [0.25, 0.3) is 0 Å². The van der Waals surface area contributed by atoms with Crippen molar-refractivity contribution in [2.45, 2.75) is 31.1 Å². The molecule has 138 valence electrons. The third-order valence-electron chi connectivity index (χ3n) is 5.39. The quantitative estimate of drug-likeness (QED) is 0.869. The smallest absolute Gasteiger partial charge is 0.243 e. The van der Waals surface area contributed by atoms with Gasteiger partial charge in [0.25, 0.3) is 0 Å². The molecule has 2 aliphatic rings. The zero-order valence-electron chi connectivity index (χ0n) is 14.7. The number of carbonyl (C=O) groups is 1. The molecular formula is C18H27N3O3S. The Balaban J connectivity index is 1.60. The molecule has 0 spiro atoms. The van der Waals surface area contributed by atoms with Gasteiger partial charge in [-0.2, -0.15) is 4.31 Å². The fraction of sp³-hybridized carbons (Fsp3) is 0.611. The first-order chi connectivity index (χ1) is 11.9. The lowest BCUT2D eigenvalue weighted by atomic mass is 9.96. The van der Waals surface area contributed by atoms with Gasteiger partial charge in [0, 0.05) is 32.1 Å². The van der Waals surface area contributed by atoms with Crippen LogP contribution in [0.5, 0.6) is 0 Å². The lowest BCUT2D eigenvalue weighted by Gasteiger charge is -2.32. The van der Waals surface area contributed by atoms with Gasteiger partial charge in [-0.05, 0) is 50.8 Å². The van der Waals surface area contributed by atoms with E-state index in [2.05, 4.69) is 0 Å². The number of hydrogen-bond acceptors (Lipinski definition) is 4. The largest absolute Gasteiger partial charge is 0.342 e. The molecule has 1 atom stereocenters. The molecule has 1 aromatic rings. The van der Waals surface area contributed by atoms with E-state index in [1.165, 1.54) is 4.31 Å². The van der Waals surface area contributed by atoms with Gasteiger partial charge >= 0.3 is 0 Å². The standard InChI is InChI=1S/C18H27N3O3S/c1-14-2-4-17(5-3-14)25(23,24)21-10-7-16(8-11-21)18(22)20-9-6-15(12-19)13-20/h2-5,15-16H,6-13,19H2,1H3. The van der Waals surface area contributed by atoms with Gasteiger partial charge in [0.1, 0.15) is 0 Å². The van der Waals surface area contributed by atoms with Gasteiger partial charge in [-0.3, -0.25) is 4.79 Å². The summed E-state index contributed by atoms with van der Waals surface area (Å²) in [5.41, 5.74) is 6.73. The predicted molar refractivity (Wildman–Crippen MR) is 96.4 cm³/mol. The van der Waals surface area contributed by atoms with Crippen molar-refractivity contribution in [1.82, 2.24) is 9.21 Å². The van der Waals surface area contributed by atoms with Crippen LogP contribution in [0.3, 0.4) is 0 Å². The summed E-state index contributed by atoms with van der Waals surface area (Å²) in [5.74, 6) is 0.510. The molecule has 2 fully saturated rings. The molecule has 0 radical (unpaired) electrons. The highest BCUT2D eigenvalue weighted by molar-refractivity contribution is 7.89. The van der Waals surface area contributed by atoms with Crippen LogP contribution in [0.4, 0.5) is 0 Å². The normalized spacial score (nSPS) is 23.1. The van der Waals surface area contributed by atoms with Gasteiger partial charge in [-0.1, -0.05) is 17.7 Å². The maximum atomic E-state index is 12.7. The number of benzene rings is 1. The highest BCUT2D eigenvalue weighted by Crippen LogP contribution is 2.27. The second-order valence-electron chi connectivity index (χ2n) is 7.17. The Hall–Kier alpha value is -1.44. The molecule has 2 aliphatic heterocycles. The number of nitrogens with two attached hydrogens (primary N) is 1. The van der Waals surface area contributed by atoms with E-state index >= 15 is 0 Å². The molecule has 1 amide bonds. The topological polar surface area (TPSA) is 83.7 Å². The van der Waals surface area contributed by atoms with E-state index in [9.17, 15) is 13.2 Å². The fourth-order valence-corrected chi connectivity index (χ4v) is 5.16. The first-order valence-electron chi connectivity index (χ1n) is 8.97. The van der Waals surface area contributed by atoms with E-state index in [4.69, 9.17) is 5.73 Å². The monoisotopic (exact) mass is 365 g/mol. The molecule has 2 saturated heterocycles. The second-order valence-corrected chi connectivity index (χ2v) is 9.10. The van der Waals surface area contributed by atoms with Crippen molar-refractivity contribution < 1.29 is 13.2 Å². The molecule has 3 rings (SSSR count). The number of sulfonamides is 1. The Morgan fingerprint density at radius 2 is 1.76 bits per heavy atom. The van der Waals surface area contributed by atoms with Gasteiger partial charge in [-0.25, -0.2) is 8.42 Å². The molecule has 2 N–H and O–H groups in total. The average Bonchev–Trinajstić information content (AvgIpc) is 3.11. The van der Waals surface area contributed by atoms with E-state index in [1.807, 2.05) is 24.0 Å². The second kappa shape index (κ2) is 7.43. The summed E-state index contributed by atoms with van der Waals surface area (Å²) in [7, 11) is -3.47. The maximum Gasteiger partial charge on any atom is 0.243 e. The van der Waals surface area contributed by atoms with Crippen molar-refractivity contribution in [2.75, 3.05) is 32.7 Å². The van der Waals surface area contributed by atoms with Crippen LogP contribution in [0.15, 0.2) is 29.2 Å². The van der Waals surface area contributed by atoms with Gasteiger partial charge in [0.2, 0.25) is 15.9 Å². The minimum absolute atomic E-state index is 0.0685. The molecule has 25 heavy (non-hydrogen) atoms. The van der Waals surface area contributed by atoms with Crippen LogP contribution in [0.1, 0.15) is 24.8 Å². The number of amides is 1. The highest BCUT2D eigenvalue weighted by atomic mass is 32.2. The Kier molecular flexibility index (Phi) is 5.46. The number of likely N-dealkylation sites (tertiary alicyclic amines) is 1. The SMILES string of the molecule is Cc1ccc(S(=O)(=O)N2CCC(C(=O)N3CCC(CN)C3)CC2)cc1. The van der Waals surface area contributed by atoms with Crippen LogP contribution in [-0.2, 0) is 14.8 Å². The van der Waals surface area contributed by atoms with Gasteiger partial charge < -0.3 is 10.6 Å². The molecule has 0 aliphatic carbocycles. The molecule has 0 saturated carbocycles. The Labute approximate surface area is 150 Å². The average molecular weight is 365 g/mol. The minimum Gasteiger partial charge on any atom is -0.342 e. The number of aryl methyl sites for hydroxylation is 1. The highest BCUT2D eigenvalue weighted by Gasteiger charge is 2.35. The van der Waals surface area contributed by atoms with E-state index in [1.54, 1.807) is 12.1 Å². The maximum absolute atomic E-state index is 12.7. The van der Waals surface area contributed by atoms with Crippen molar-refractivity contribution >= 4 is 15.9 Å². The number of carbonyl (C=O) groups excluding carboxylic acids is 1. The summed E-state index contributed by atoms with van der Waals surface area (Å²) in [5, 5.41) is 0. The van der Waals surface area contributed by atoms with Crippen LogP contribution < -0.4 is 5.73 Å². The first-order valence-corrected chi connectivity index (χ1v) is 10.4. The molecular weight excluding hydrogens is 338 g/mol. The van der Waals surface area contributed by atoms with Crippen molar-refractivity contribution in [2.24, 2.45) is 17.6 Å². The molecule has 0 bridgehead atoms. The number of nitrogens with zero attached hydrogens (tertiary/aromatic N) is 2. The first kappa shape index (κ1) is 18.4. The third-order valence-corrected chi connectivity index (χ3v) is 7.31. The van der Waals surface area contributed by atoms with E-state index in [0.29, 0.717) is 43.3 Å². The molecule has 1 unspecified atom stereocenters. The van der Waals surface area contributed by atoms with Gasteiger partial charge in [-0.15, -0.1) is 0 Å². The number of piperidine rings is 1. The number of hydrogen-bond donors (Lipinski definition) is 1. The summed E-state index contributed by atoms with van der Waals surface area (Å²) in [6.45, 7) is 4.89. The van der Waals surface area contributed by atoms with Crippen molar-refractivity contribution in [3.8, 4) is 0 Å². The molecule has 6 nitrogen and oxygen atoms in total. The van der Waals surface area contributed by atoms with E-state index in [-0.39, 0.29) is 11.8 Å². The van der Waals surface area contributed by atoms with Crippen LogP contribution >= 0.6 is 0 Å². The third kappa shape index (κ3) is 3.88. The van der Waals surface area contributed by atoms with Crippen LogP contribution in [-0.4, -0.2) is 56.3 Å². The van der Waals surface area contributed by atoms with Crippen molar-refractivity contribution in [3.05, 3.63) is 29.8 Å². The fourth-order valence-electron chi connectivity index (χ4n) is 3.69. The summed E-state index contributed by atoms with van der Waals surface area (Å²) in [6.07, 6.45) is 2.16. The predicted octanol–water partition coefficient (Wildman–Crippen LogP) is 1.20. The van der Waals surface area contributed by atoms with Crippen molar-refractivity contribution in [3.63, 3.8) is 0 Å². The summed E-state index contributed by atoms with van der Waals surface area (Å²) >= 11 is 0. The van der Waals surface area contributed by atoms with E-state index in [0.717, 1.165) is 25.1 Å². The Bertz CT molecular complexity index is 710. The summed E-state index contributed by atoms with van der Waals surface area (Å²) in [4.78, 5) is 14.9. The number of rotatable bonds is 4. The molecule has 0 aromatic heterocycles. The Morgan fingerprint density at radius 1 is 1.12 bits per heavy atom. The minimum atomic E-state index is -3.47. The zero-order chi connectivity index (χ0) is 18.0. The Morgan fingerprint density at radius 3 is 2.32 bits per heavy atom.